The molecule has 45 valence electrons. The van der Waals surface area contributed by atoms with Crippen LogP contribution in [0.3, 0.4) is 0 Å². The summed E-state index contributed by atoms with van der Waals surface area (Å²) in [6.07, 6.45) is 1.50. The molecule has 0 aromatic rings. The minimum absolute atomic E-state index is 0.301. The third-order valence-corrected chi connectivity index (χ3v) is 0.464. The monoisotopic (exact) mass is 115 g/mol. The predicted octanol–water partition coefficient (Wildman–Crippen LogP) is -0.653. The first-order valence-electron chi connectivity index (χ1n) is 1.98. The highest BCUT2D eigenvalue weighted by molar-refractivity contribution is 5.37. The van der Waals surface area contributed by atoms with Crippen LogP contribution in [0.4, 0.5) is 0 Å². The lowest BCUT2D eigenvalue weighted by Gasteiger charge is -2.06. The van der Waals surface area contributed by atoms with Crippen molar-refractivity contribution in [1.82, 2.24) is 5.17 Å². The highest BCUT2D eigenvalue weighted by Gasteiger charge is 1.90. The van der Waals surface area contributed by atoms with Crippen molar-refractivity contribution in [1.29, 1.82) is 0 Å². The fraction of sp³-hybridized carbons (Fsp3) is 0.250. The standard InChI is InChI=1S/C4H7N2O2/c1-2-3-6(5)8-4-7/h2H,1,3,5H2. The van der Waals surface area contributed by atoms with Crippen LogP contribution in [-0.4, -0.2) is 18.2 Å². The van der Waals surface area contributed by atoms with E-state index >= 15 is 0 Å². The van der Waals surface area contributed by atoms with E-state index in [4.69, 9.17) is 5.84 Å². The predicted molar refractivity (Wildman–Crippen MR) is 27.9 cm³/mol. The average Bonchev–Trinajstić information content (AvgIpc) is 1.68. The van der Waals surface area contributed by atoms with Crippen LogP contribution in [0.2, 0.25) is 0 Å². The van der Waals surface area contributed by atoms with Gasteiger partial charge in [-0.3, -0.25) is 0 Å². The molecule has 0 saturated carbocycles. The maximum absolute atomic E-state index is 9.39. The molecular weight excluding hydrogens is 108 g/mol. The van der Waals surface area contributed by atoms with Crippen LogP contribution < -0.4 is 5.84 Å². The summed E-state index contributed by atoms with van der Waals surface area (Å²) in [5.74, 6) is 4.97. The minimum Gasteiger partial charge on any atom is -0.343 e. The van der Waals surface area contributed by atoms with Gasteiger partial charge in [-0.1, -0.05) is 11.2 Å². The first-order valence-corrected chi connectivity index (χ1v) is 1.98. The molecule has 0 unspecified atom stereocenters. The van der Waals surface area contributed by atoms with Crippen molar-refractivity contribution in [3.8, 4) is 0 Å². The molecule has 0 bridgehead atoms. The zero-order valence-electron chi connectivity index (χ0n) is 4.33. The van der Waals surface area contributed by atoms with E-state index in [0.29, 0.717) is 6.54 Å². The molecule has 0 aliphatic rings. The molecule has 0 rings (SSSR count). The second-order valence-electron chi connectivity index (χ2n) is 1.06. The van der Waals surface area contributed by atoms with Crippen molar-refractivity contribution in [2.24, 2.45) is 5.84 Å². The molecule has 0 amide bonds. The molecule has 0 atom stereocenters. The first kappa shape index (κ1) is 7.13. The van der Waals surface area contributed by atoms with Gasteiger partial charge in [0, 0.05) is 0 Å². The molecule has 0 spiro atoms. The summed E-state index contributed by atoms with van der Waals surface area (Å²) in [7, 11) is 0. The van der Waals surface area contributed by atoms with Crippen molar-refractivity contribution in [2.75, 3.05) is 6.54 Å². The Morgan fingerprint density at radius 1 is 2.00 bits per heavy atom. The van der Waals surface area contributed by atoms with Gasteiger partial charge in [0.1, 0.15) is 0 Å². The summed E-state index contributed by atoms with van der Waals surface area (Å²) in [4.78, 5) is 13.4. The summed E-state index contributed by atoms with van der Waals surface area (Å²) in [6, 6.07) is 0. The molecule has 0 aromatic carbocycles. The van der Waals surface area contributed by atoms with Crippen molar-refractivity contribution >= 4 is 6.47 Å². The molecule has 0 heterocycles. The van der Waals surface area contributed by atoms with Gasteiger partial charge >= 0.3 is 6.47 Å². The molecule has 1 radical (unpaired) electrons. The fourth-order valence-electron chi connectivity index (χ4n) is 0.212. The van der Waals surface area contributed by atoms with E-state index in [9.17, 15) is 4.79 Å². The molecule has 2 N–H and O–H groups in total. The molecule has 8 heavy (non-hydrogen) atoms. The fourth-order valence-corrected chi connectivity index (χ4v) is 0.212. The number of hydrogen-bond donors (Lipinski definition) is 1. The van der Waals surface area contributed by atoms with E-state index in [2.05, 4.69) is 11.4 Å². The third kappa shape index (κ3) is 3.32. The maximum Gasteiger partial charge on any atom is 0.439 e. The van der Waals surface area contributed by atoms with Gasteiger partial charge in [0.15, 0.2) is 0 Å². The summed E-state index contributed by atoms with van der Waals surface area (Å²) in [5, 5.41) is 0.819. The van der Waals surface area contributed by atoms with Gasteiger partial charge in [0.05, 0.1) is 6.54 Å². The number of hydrogen-bond acceptors (Lipinski definition) is 4. The normalized spacial score (nSPS) is 8.75. The van der Waals surface area contributed by atoms with Crippen molar-refractivity contribution in [3.05, 3.63) is 12.7 Å². The lowest BCUT2D eigenvalue weighted by Crippen LogP contribution is -2.30. The molecule has 0 saturated heterocycles. The van der Waals surface area contributed by atoms with Gasteiger partial charge in [-0.2, -0.15) is 0 Å². The Kier molecular flexibility index (Phi) is 3.83. The van der Waals surface area contributed by atoms with Gasteiger partial charge in [0.2, 0.25) is 0 Å². The highest BCUT2D eigenvalue weighted by atomic mass is 16.7. The van der Waals surface area contributed by atoms with E-state index in [-0.39, 0.29) is 0 Å². The van der Waals surface area contributed by atoms with Gasteiger partial charge in [-0.25, -0.2) is 10.6 Å². The van der Waals surface area contributed by atoms with E-state index in [0.717, 1.165) is 11.6 Å². The minimum atomic E-state index is 0.301. The molecule has 0 aliphatic heterocycles. The van der Waals surface area contributed by atoms with Gasteiger partial charge < -0.3 is 4.84 Å². The zero-order valence-corrected chi connectivity index (χ0v) is 4.33. The number of rotatable bonds is 4. The summed E-state index contributed by atoms with van der Waals surface area (Å²) < 4.78 is 0. The second kappa shape index (κ2) is 4.29. The summed E-state index contributed by atoms with van der Waals surface area (Å²) in [5.41, 5.74) is 0. The van der Waals surface area contributed by atoms with Gasteiger partial charge in [-0.05, 0) is 0 Å². The number of hydrazine groups is 1. The Labute approximate surface area is 47.4 Å². The topological polar surface area (TPSA) is 55.6 Å². The van der Waals surface area contributed by atoms with E-state index in [1.807, 2.05) is 0 Å². The summed E-state index contributed by atoms with van der Waals surface area (Å²) in [6.45, 7) is 4.81. The summed E-state index contributed by atoms with van der Waals surface area (Å²) >= 11 is 0. The molecule has 0 aliphatic carbocycles. The van der Waals surface area contributed by atoms with Crippen LogP contribution in [-0.2, 0) is 9.63 Å². The number of nitrogens with zero attached hydrogens (tertiary/aromatic N) is 1. The van der Waals surface area contributed by atoms with E-state index in [1.54, 1.807) is 0 Å². The number of nitrogens with two attached hydrogens (primary N) is 1. The molecule has 4 heteroatoms. The van der Waals surface area contributed by atoms with Crippen molar-refractivity contribution in [3.63, 3.8) is 0 Å². The van der Waals surface area contributed by atoms with Gasteiger partial charge in [-0.15, -0.1) is 6.58 Å². The quantitative estimate of drug-likeness (QED) is 0.300. The van der Waals surface area contributed by atoms with Gasteiger partial charge in [0.25, 0.3) is 0 Å². The number of carbonyl (C=O) groups excluding carboxylic acids is 1. The molecular formula is C4H7N2O2. The van der Waals surface area contributed by atoms with Crippen LogP contribution >= 0.6 is 0 Å². The Hall–Kier alpha value is -0.870. The lowest BCUT2D eigenvalue weighted by atomic mass is 10.7. The van der Waals surface area contributed by atoms with Crippen LogP contribution in [0, 0.1) is 0 Å². The largest absolute Gasteiger partial charge is 0.439 e. The molecule has 0 aromatic heterocycles. The number of hydroxylamine groups is 1. The smallest absolute Gasteiger partial charge is 0.343 e. The second-order valence-corrected chi connectivity index (χ2v) is 1.06. The Morgan fingerprint density at radius 3 is 3.00 bits per heavy atom. The van der Waals surface area contributed by atoms with Crippen molar-refractivity contribution < 1.29 is 9.63 Å². The Balaban J connectivity index is 3.16. The highest BCUT2D eigenvalue weighted by Crippen LogP contribution is 1.74. The third-order valence-electron chi connectivity index (χ3n) is 0.464. The van der Waals surface area contributed by atoms with E-state index in [1.165, 1.54) is 6.08 Å². The van der Waals surface area contributed by atoms with Crippen LogP contribution in [0.15, 0.2) is 12.7 Å². The van der Waals surface area contributed by atoms with Crippen LogP contribution in [0.1, 0.15) is 0 Å². The Bertz CT molecular complexity index is 74.1. The first-order chi connectivity index (χ1) is 3.81. The van der Waals surface area contributed by atoms with Crippen LogP contribution in [0.25, 0.3) is 0 Å². The van der Waals surface area contributed by atoms with Crippen LogP contribution in [0.5, 0.6) is 0 Å². The maximum atomic E-state index is 9.39. The van der Waals surface area contributed by atoms with E-state index < -0.39 is 0 Å². The Morgan fingerprint density at radius 2 is 2.62 bits per heavy atom. The SMILES string of the molecule is C=CCN(N)O[C]=O. The van der Waals surface area contributed by atoms with Crippen molar-refractivity contribution in [2.45, 2.75) is 0 Å². The average molecular weight is 115 g/mol. The molecule has 0 fully saturated rings. The zero-order chi connectivity index (χ0) is 6.41. The molecule has 4 nitrogen and oxygen atoms in total. The lowest BCUT2D eigenvalue weighted by molar-refractivity contribution is -0.0658.